The Morgan fingerprint density at radius 3 is 2.59 bits per heavy atom. The van der Waals surface area contributed by atoms with Crippen molar-refractivity contribution in [3.05, 3.63) is 12.2 Å². The zero-order valence-corrected chi connectivity index (χ0v) is 19.9. The largest absolute Gasteiger partial charge is 0.458 e. The van der Waals surface area contributed by atoms with Crippen molar-refractivity contribution in [2.45, 2.75) is 91.1 Å². The van der Waals surface area contributed by atoms with E-state index >= 15 is 0 Å². The molecule has 1 unspecified atom stereocenters. The van der Waals surface area contributed by atoms with Gasteiger partial charge in [0.1, 0.15) is 12.2 Å². The Bertz CT molecular complexity index is 868. The number of allylic oxidation sites excluding steroid dienone is 1. The minimum Gasteiger partial charge on any atom is -0.458 e. The predicted molar refractivity (Wildman–Crippen MR) is 120 cm³/mol. The molecule has 32 heavy (non-hydrogen) atoms. The highest BCUT2D eigenvalue weighted by molar-refractivity contribution is 5.72. The Balaban J connectivity index is 1.73. The third kappa shape index (κ3) is 2.83. The number of ether oxygens (including phenoxy) is 3. The molecule has 1 heterocycles. The lowest BCUT2D eigenvalue weighted by molar-refractivity contribution is -0.279. The molecule has 6 aliphatic rings. The third-order valence-electron chi connectivity index (χ3n) is 9.70. The summed E-state index contributed by atoms with van der Waals surface area (Å²) in [4.78, 5) is 29.8. The molecule has 0 N–H and O–H groups in total. The summed E-state index contributed by atoms with van der Waals surface area (Å²) in [5.74, 6) is 0.236. The van der Waals surface area contributed by atoms with E-state index in [1.807, 2.05) is 6.92 Å². The van der Waals surface area contributed by atoms with Crippen molar-refractivity contribution in [2.24, 2.45) is 39.0 Å². The summed E-state index contributed by atoms with van der Waals surface area (Å²) in [6.07, 6.45) is 7.99. The van der Waals surface area contributed by atoms with E-state index in [-0.39, 0.29) is 40.3 Å². The quantitative estimate of drug-likeness (QED) is 0.474. The second kappa shape index (κ2) is 7.41. The first-order chi connectivity index (χ1) is 15.2. The van der Waals surface area contributed by atoms with E-state index in [1.165, 1.54) is 19.4 Å². The Morgan fingerprint density at radius 2 is 1.94 bits per heavy atom. The summed E-state index contributed by atoms with van der Waals surface area (Å²) in [5.41, 5.74) is 0.560. The highest BCUT2D eigenvalue weighted by Gasteiger charge is 2.75. The molecule has 6 heteroatoms. The van der Waals surface area contributed by atoms with Crippen LogP contribution in [-0.4, -0.2) is 43.2 Å². The molecule has 6 rings (SSSR count). The minimum atomic E-state index is -0.505. The number of fused-ring (bicyclic) bond motifs is 2. The molecule has 0 aromatic heterocycles. The molecule has 9 atom stereocenters. The molecule has 4 bridgehead atoms. The van der Waals surface area contributed by atoms with Gasteiger partial charge in [-0.3, -0.25) is 14.6 Å². The van der Waals surface area contributed by atoms with Gasteiger partial charge in [0.2, 0.25) is 0 Å². The molecule has 5 aliphatic carbocycles. The monoisotopic (exact) mass is 443 g/mol. The van der Waals surface area contributed by atoms with Gasteiger partial charge in [-0.05, 0) is 57.3 Å². The van der Waals surface area contributed by atoms with Gasteiger partial charge in [-0.25, -0.2) is 0 Å². The Hall–Kier alpha value is -1.69. The van der Waals surface area contributed by atoms with Crippen LogP contribution in [0.4, 0.5) is 0 Å². The van der Waals surface area contributed by atoms with Gasteiger partial charge < -0.3 is 14.2 Å². The molecular weight excluding hydrogens is 406 g/mol. The molecule has 0 saturated heterocycles. The molecule has 6 nitrogen and oxygen atoms in total. The van der Waals surface area contributed by atoms with Crippen LogP contribution in [0, 0.1) is 34.0 Å². The van der Waals surface area contributed by atoms with Crippen LogP contribution < -0.4 is 0 Å². The zero-order chi connectivity index (χ0) is 22.9. The fraction of sp³-hybridized carbons (Fsp3) is 0.808. The van der Waals surface area contributed by atoms with Gasteiger partial charge in [-0.2, -0.15) is 0 Å². The van der Waals surface area contributed by atoms with Gasteiger partial charge in [-0.15, -0.1) is 0 Å². The third-order valence-corrected chi connectivity index (χ3v) is 9.70. The van der Waals surface area contributed by atoms with Crippen molar-refractivity contribution in [2.75, 3.05) is 6.61 Å². The SMILES string of the molecule is C=C1C[C@]23CC[C@H]1CC2[C@]12C=N[C@@H](OCC)[C@](C)(CCC1)[C@H]2[C@H](OC(C)=O)[C@H]3OC(C)=O. The Kier molecular flexibility index (Phi) is 5.12. The molecule has 0 amide bonds. The van der Waals surface area contributed by atoms with Crippen LogP contribution in [-0.2, 0) is 23.8 Å². The zero-order valence-electron chi connectivity index (χ0n) is 19.9. The topological polar surface area (TPSA) is 74.2 Å². The van der Waals surface area contributed by atoms with E-state index in [0.29, 0.717) is 18.4 Å². The molecule has 5 fully saturated rings. The lowest BCUT2D eigenvalue weighted by atomic mass is 9.34. The van der Waals surface area contributed by atoms with Gasteiger partial charge in [-0.1, -0.05) is 25.5 Å². The van der Waals surface area contributed by atoms with E-state index in [4.69, 9.17) is 19.2 Å². The highest BCUT2D eigenvalue weighted by atomic mass is 16.6. The lowest BCUT2D eigenvalue weighted by Crippen LogP contribution is -2.75. The van der Waals surface area contributed by atoms with Gasteiger partial charge in [0.15, 0.2) is 6.23 Å². The fourth-order valence-corrected chi connectivity index (χ4v) is 8.84. The van der Waals surface area contributed by atoms with Crippen LogP contribution in [0.15, 0.2) is 17.1 Å². The van der Waals surface area contributed by atoms with Gasteiger partial charge in [0, 0.05) is 48.8 Å². The van der Waals surface area contributed by atoms with Gasteiger partial charge in [0.25, 0.3) is 0 Å². The number of hydrogen-bond acceptors (Lipinski definition) is 6. The second-order valence-corrected chi connectivity index (χ2v) is 11.2. The van der Waals surface area contributed by atoms with Crippen LogP contribution in [0.1, 0.15) is 72.6 Å². The van der Waals surface area contributed by atoms with Crippen LogP contribution in [0.25, 0.3) is 0 Å². The molecule has 176 valence electrons. The van der Waals surface area contributed by atoms with Crippen molar-refractivity contribution in [1.82, 2.24) is 0 Å². The maximum Gasteiger partial charge on any atom is 0.303 e. The first kappa shape index (κ1) is 22.1. The summed E-state index contributed by atoms with van der Waals surface area (Å²) in [7, 11) is 0. The fourth-order valence-electron chi connectivity index (χ4n) is 8.84. The molecule has 0 aromatic carbocycles. The molecule has 0 aromatic rings. The Morgan fingerprint density at radius 1 is 1.19 bits per heavy atom. The number of hydrogen-bond donors (Lipinski definition) is 0. The summed E-state index contributed by atoms with van der Waals surface area (Å²) < 4.78 is 18.5. The summed E-state index contributed by atoms with van der Waals surface area (Å²) in [6, 6.07) is 0. The van der Waals surface area contributed by atoms with E-state index in [0.717, 1.165) is 44.9 Å². The molecular formula is C26H37NO5. The smallest absolute Gasteiger partial charge is 0.303 e. The molecule has 1 aliphatic heterocycles. The standard InChI is InChI=1S/C26H37NO5/c1-6-30-23-24(5)9-7-10-26(14-27-23)19-12-18-8-11-25(19,13-15(18)2)22(32-17(4)29)20(21(24)26)31-16(3)28/h14,18-23H,2,6-13H2,1,3-5H3/t18-,19?,20-,21+,22+,23-,24+,25+,26+/m0/s1. The van der Waals surface area contributed by atoms with Gasteiger partial charge in [0.05, 0.1) is 0 Å². The highest BCUT2D eigenvalue weighted by Crippen LogP contribution is 2.74. The van der Waals surface area contributed by atoms with Crippen molar-refractivity contribution < 1.29 is 23.8 Å². The van der Waals surface area contributed by atoms with E-state index in [1.54, 1.807) is 0 Å². The lowest BCUT2D eigenvalue weighted by Gasteiger charge is -2.72. The van der Waals surface area contributed by atoms with Crippen molar-refractivity contribution in [3.63, 3.8) is 0 Å². The van der Waals surface area contributed by atoms with Crippen molar-refractivity contribution in [1.29, 1.82) is 0 Å². The molecule has 1 spiro atoms. The number of aliphatic imine (C=N–C) groups is 1. The molecule has 5 saturated carbocycles. The number of carbonyl (C=O) groups is 2. The van der Waals surface area contributed by atoms with E-state index < -0.39 is 12.2 Å². The Labute approximate surface area is 191 Å². The van der Waals surface area contributed by atoms with Crippen molar-refractivity contribution >= 4 is 18.2 Å². The normalized spacial score (nSPS) is 48.6. The van der Waals surface area contributed by atoms with Crippen LogP contribution in [0.2, 0.25) is 0 Å². The number of nitrogens with zero attached hydrogens (tertiary/aromatic N) is 1. The van der Waals surface area contributed by atoms with Gasteiger partial charge >= 0.3 is 11.9 Å². The van der Waals surface area contributed by atoms with Crippen LogP contribution in [0.5, 0.6) is 0 Å². The maximum atomic E-state index is 12.4. The van der Waals surface area contributed by atoms with Crippen LogP contribution in [0.3, 0.4) is 0 Å². The maximum absolute atomic E-state index is 12.4. The first-order valence-electron chi connectivity index (χ1n) is 12.4. The van der Waals surface area contributed by atoms with Crippen molar-refractivity contribution in [3.8, 4) is 0 Å². The average Bonchev–Trinajstić information content (AvgIpc) is 2.72. The minimum absolute atomic E-state index is 0.00860. The summed E-state index contributed by atoms with van der Waals surface area (Å²) >= 11 is 0. The van der Waals surface area contributed by atoms with E-state index in [9.17, 15) is 9.59 Å². The number of esters is 2. The predicted octanol–water partition coefficient (Wildman–Crippen LogP) is 4.47. The van der Waals surface area contributed by atoms with Crippen LogP contribution >= 0.6 is 0 Å². The molecule has 0 radical (unpaired) electrons. The second-order valence-electron chi connectivity index (χ2n) is 11.2. The number of rotatable bonds is 4. The van der Waals surface area contributed by atoms with E-state index in [2.05, 4.69) is 19.7 Å². The summed E-state index contributed by atoms with van der Waals surface area (Å²) in [5, 5.41) is 0. The average molecular weight is 444 g/mol. The summed E-state index contributed by atoms with van der Waals surface area (Å²) in [6.45, 7) is 12.2. The first-order valence-corrected chi connectivity index (χ1v) is 12.4. The number of carbonyl (C=O) groups excluding carboxylic acids is 2.